The number of phenolic OH excluding ortho intramolecular Hbond substituents is 6. The molecule has 39 heavy (non-hydrogen) atoms. The van der Waals surface area contributed by atoms with Crippen molar-refractivity contribution in [3.63, 3.8) is 0 Å². The lowest BCUT2D eigenvalue weighted by atomic mass is 9.97. The maximum absolute atomic E-state index is 13.0. The fourth-order valence-electron chi connectivity index (χ4n) is 4.18. The minimum absolute atomic E-state index is 0.00626. The van der Waals surface area contributed by atoms with Crippen LogP contribution in [0.25, 0.3) is 39.5 Å². The predicted molar refractivity (Wildman–Crippen MR) is 143 cm³/mol. The molecule has 0 saturated heterocycles. The summed E-state index contributed by atoms with van der Waals surface area (Å²) >= 11 is 0. The highest BCUT2D eigenvalue weighted by molar-refractivity contribution is 6.09. The Balaban J connectivity index is 1.64. The SMILES string of the molecule is O=C(C=Cc1ccc(O)c(-c2c(O)cc(O)c3c(=O)cc(-c4ccc(O)cc4)oc23)c1)c1ccc(O)cc1O. The first-order chi connectivity index (χ1) is 18.6. The molecular formula is C30H20O9. The van der Waals surface area contributed by atoms with Crippen molar-refractivity contribution in [3.05, 3.63) is 100 Å². The highest BCUT2D eigenvalue weighted by atomic mass is 16.3. The number of ketones is 1. The van der Waals surface area contributed by atoms with Crippen LogP contribution in [0, 0.1) is 0 Å². The van der Waals surface area contributed by atoms with E-state index in [2.05, 4.69) is 0 Å². The fourth-order valence-corrected chi connectivity index (χ4v) is 4.18. The van der Waals surface area contributed by atoms with Crippen molar-refractivity contribution in [1.29, 1.82) is 0 Å². The summed E-state index contributed by atoms with van der Waals surface area (Å²) in [6, 6.07) is 15.8. The third-order valence-corrected chi connectivity index (χ3v) is 6.08. The quantitative estimate of drug-likeness (QED) is 0.133. The second kappa shape index (κ2) is 9.64. The molecule has 1 aromatic heterocycles. The normalized spacial score (nSPS) is 11.3. The van der Waals surface area contributed by atoms with Gasteiger partial charge in [0.1, 0.15) is 45.6 Å². The molecule has 4 aromatic carbocycles. The molecule has 0 aliphatic carbocycles. The van der Waals surface area contributed by atoms with Crippen LogP contribution >= 0.6 is 0 Å². The second-order valence-electron chi connectivity index (χ2n) is 8.69. The number of benzene rings is 4. The van der Waals surface area contributed by atoms with Crippen LogP contribution in [-0.2, 0) is 0 Å². The first-order valence-electron chi connectivity index (χ1n) is 11.5. The van der Waals surface area contributed by atoms with Gasteiger partial charge < -0.3 is 35.1 Å². The van der Waals surface area contributed by atoms with Gasteiger partial charge in [-0.1, -0.05) is 12.1 Å². The lowest BCUT2D eigenvalue weighted by Crippen LogP contribution is -2.02. The van der Waals surface area contributed by atoms with E-state index in [9.17, 15) is 40.2 Å². The number of phenols is 6. The molecule has 0 aliphatic heterocycles. The maximum Gasteiger partial charge on any atom is 0.197 e. The van der Waals surface area contributed by atoms with Crippen LogP contribution in [0.4, 0.5) is 0 Å². The van der Waals surface area contributed by atoms with E-state index in [0.29, 0.717) is 11.1 Å². The second-order valence-corrected chi connectivity index (χ2v) is 8.69. The number of carbonyl (C=O) groups is 1. The third-order valence-electron chi connectivity index (χ3n) is 6.08. The minimum Gasteiger partial charge on any atom is -0.508 e. The van der Waals surface area contributed by atoms with Crippen molar-refractivity contribution in [2.45, 2.75) is 0 Å². The Morgan fingerprint density at radius 1 is 0.692 bits per heavy atom. The summed E-state index contributed by atoms with van der Waals surface area (Å²) in [4.78, 5) is 25.5. The number of carbonyl (C=O) groups excluding carboxylic acids is 1. The van der Waals surface area contributed by atoms with Crippen LogP contribution < -0.4 is 5.43 Å². The summed E-state index contributed by atoms with van der Waals surface area (Å²) in [5.41, 5.74) is -0.00259. The molecule has 0 fully saturated rings. The van der Waals surface area contributed by atoms with Crippen LogP contribution in [-0.4, -0.2) is 36.4 Å². The van der Waals surface area contributed by atoms with Crippen molar-refractivity contribution in [2.24, 2.45) is 0 Å². The molecule has 0 amide bonds. The molecule has 9 heteroatoms. The van der Waals surface area contributed by atoms with Gasteiger partial charge in [-0.2, -0.15) is 0 Å². The summed E-state index contributed by atoms with van der Waals surface area (Å²) in [5.74, 6) is -2.33. The van der Waals surface area contributed by atoms with E-state index >= 15 is 0 Å². The van der Waals surface area contributed by atoms with Crippen molar-refractivity contribution < 1.29 is 39.9 Å². The van der Waals surface area contributed by atoms with Gasteiger partial charge in [0, 0.05) is 29.3 Å². The summed E-state index contributed by atoms with van der Waals surface area (Å²) in [5, 5.41) is 60.6. The molecule has 0 spiro atoms. The topological polar surface area (TPSA) is 169 Å². The van der Waals surface area contributed by atoms with Crippen LogP contribution in [0.2, 0.25) is 0 Å². The molecule has 0 radical (unpaired) electrons. The zero-order valence-electron chi connectivity index (χ0n) is 20.0. The monoisotopic (exact) mass is 524 g/mol. The number of aromatic hydroxyl groups is 6. The molecule has 9 nitrogen and oxygen atoms in total. The molecule has 6 N–H and O–H groups in total. The Hall–Kier alpha value is -5.70. The molecule has 194 valence electrons. The van der Waals surface area contributed by atoms with Crippen molar-refractivity contribution in [1.82, 2.24) is 0 Å². The van der Waals surface area contributed by atoms with Crippen LogP contribution in [0.1, 0.15) is 15.9 Å². The zero-order valence-corrected chi connectivity index (χ0v) is 20.0. The van der Waals surface area contributed by atoms with Gasteiger partial charge >= 0.3 is 0 Å². The van der Waals surface area contributed by atoms with Gasteiger partial charge in [0.15, 0.2) is 16.8 Å². The summed E-state index contributed by atoms with van der Waals surface area (Å²) in [6.45, 7) is 0. The number of allylic oxidation sites excluding steroid dienone is 1. The van der Waals surface area contributed by atoms with Crippen LogP contribution in [0.3, 0.4) is 0 Å². The fraction of sp³-hybridized carbons (Fsp3) is 0. The van der Waals surface area contributed by atoms with E-state index in [1.807, 2.05) is 0 Å². The van der Waals surface area contributed by atoms with E-state index in [-0.39, 0.29) is 50.7 Å². The molecule has 1 heterocycles. The Bertz CT molecular complexity index is 1850. The average molecular weight is 524 g/mol. The lowest BCUT2D eigenvalue weighted by molar-refractivity contribution is 0.104. The van der Waals surface area contributed by atoms with Crippen molar-refractivity contribution >= 4 is 22.8 Å². The first kappa shape index (κ1) is 25.0. The molecular weight excluding hydrogens is 504 g/mol. The molecule has 0 unspecified atom stereocenters. The lowest BCUT2D eigenvalue weighted by Gasteiger charge is -2.13. The van der Waals surface area contributed by atoms with Gasteiger partial charge in [-0.05, 0) is 60.2 Å². The Morgan fingerprint density at radius 2 is 1.41 bits per heavy atom. The standard InChI is InChI=1S/C30H20O9/c31-17-5-3-16(4-6-17)27-14-26(38)29-25(37)13-24(36)28(30(29)39-27)20-11-15(2-10-22(20)34)1-9-21(33)19-8-7-18(32)12-23(19)35/h1-14,31-32,34-37H. The number of fused-ring (bicyclic) bond motifs is 1. The van der Waals surface area contributed by atoms with Gasteiger partial charge in [-0.25, -0.2) is 0 Å². The van der Waals surface area contributed by atoms with Crippen LogP contribution in [0.15, 0.2) is 88.1 Å². The summed E-state index contributed by atoms with van der Waals surface area (Å²) in [6.07, 6.45) is 2.59. The zero-order chi connectivity index (χ0) is 27.8. The molecule has 5 rings (SSSR count). The molecule has 0 aliphatic rings. The molecule has 0 bridgehead atoms. The Morgan fingerprint density at radius 3 is 2.13 bits per heavy atom. The van der Waals surface area contributed by atoms with Gasteiger partial charge in [-0.3, -0.25) is 9.59 Å². The van der Waals surface area contributed by atoms with Crippen molar-refractivity contribution in [2.75, 3.05) is 0 Å². The highest BCUT2D eigenvalue weighted by Gasteiger charge is 2.22. The van der Waals surface area contributed by atoms with Gasteiger partial charge in [0.2, 0.25) is 0 Å². The highest BCUT2D eigenvalue weighted by Crippen LogP contribution is 2.44. The average Bonchev–Trinajstić information content (AvgIpc) is 2.88. The Kier molecular flexibility index (Phi) is 6.17. The number of hydrogen-bond donors (Lipinski definition) is 6. The summed E-state index contributed by atoms with van der Waals surface area (Å²) in [7, 11) is 0. The maximum atomic E-state index is 13.0. The van der Waals surface area contributed by atoms with E-state index in [4.69, 9.17) is 4.42 Å². The van der Waals surface area contributed by atoms with Crippen LogP contribution in [0.5, 0.6) is 34.5 Å². The van der Waals surface area contributed by atoms with E-state index in [1.165, 1.54) is 72.8 Å². The number of hydrogen-bond acceptors (Lipinski definition) is 9. The summed E-state index contributed by atoms with van der Waals surface area (Å²) < 4.78 is 5.96. The molecule has 0 saturated carbocycles. The number of rotatable bonds is 5. The Labute approximate surface area is 220 Å². The molecule has 0 atom stereocenters. The van der Waals surface area contributed by atoms with Crippen molar-refractivity contribution in [3.8, 4) is 56.9 Å². The van der Waals surface area contributed by atoms with Gasteiger partial charge in [-0.15, -0.1) is 0 Å². The minimum atomic E-state index is -0.604. The third kappa shape index (κ3) is 4.72. The predicted octanol–water partition coefficient (Wildman–Crippen LogP) is 5.26. The first-order valence-corrected chi connectivity index (χ1v) is 11.5. The van der Waals surface area contributed by atoms with E-state index < -0.39 is 28.5 Å². The van der Waals surface area contributed by atoms with Gasteiger partial charge in [0.05, 0.1) is 11.1 Å². The smallest absolute Gasteiger partial charge is 0.197 e. The van der Waals surface area contributed by atoms with Gasteiger partial charge in [0.25, 0.3) is 0 Å². The van der Waals surface area contributed by atoms with E-state index in [1.54, 1.807) is 0 Å². The largest absolute Gasteiger partial charge is 0.508 e. The molecule has 5 aromatic rings. The van der Waals surface area contributed by atoms with E-state index in [0.717, 1.165) is 12.1 Å².